The van der Waals surface area contributed by atoms with E-state index < -0.39 is 5.91 Å². The number of nitrogens with two attached hydrogens (primary N) is 2. The number of carbonyl (C=O) groups excluding carboxylic acids is 1. The van der Waals surface area contributed by atoms with Crippen molar-refractivity contribution in [2.75, 3.05) is 5.73 Å². The summed E-state index contributed by atoms with van der Waals surface area (Å²) in [4.78, 5) is 14.3. The molecule has 0 radical (unpaired) electrons. The van der Waals surface area contributed by atoms with Crippen LogP contribution in [0.2, 0.25) is 0 Å². The number of anilines is 1. The van der Waals surface area contributed by atoms with Crippen LogP contribution in [0.1, 0.15) is 5.69 Å². The Morgan fingerprint density at radius 3 is 2.92 bits per heavy atom. The average molecular weight is 163 g/mol. The van der Waals surface area contributed by atoms with Crippen LogP contribution in [0.4, 0.5) is 5.69 Å². The molecule has 0 aliphatic rings. The Kier molecular flexibility index (Phi) is 2.42. The smallest absolute Gasteiger partial charge is 0.241 e. The van der Waals surface area contributed by atoms with Crippen LogP contribution >= 0.6 is 0 Å². The molecule has 4 nitrogen and oxygen atoms in total. The molecule has 0 aliphatic heterocycles. The summed E-state index contributed by atoms with van der Waals surface area (Å²) in [6.07, 6.45) is 4.30. The van der Waals surface area contributed by atoms with Crippen molar-refractivity contribution in [2.24, 2.45) is 5.73 Å². The van der Waals surface area contributed by atoms with Crippen molar-refractivity contribution in [1.82, 2.24) is 4.98 Å². The van der Waals surface area contributed by atoms with Gasteiger partial charge in [0.05, 0.1) is 11.4 Å². The fraction of sp³-hybridized carbons (Fsp3) is 0. The van der Waals surface area contributed by atoms with Gasteiger partial charge in [0.25, 0.3) is 0 Å². The fourth-order valence-electron chi connectivity index (χ4n) is 0.730. The molecule has 1 rings (SSSR count). The van der Waals surface area contributed by atoms with Gasteiger partial charge in [-0.2, -0.15) is 0 Å². The quantitative estimate of drug-likeness (QED) is 0.609. The molecule has 62 valence electrons. The molecule has 0 aliphatic carbocycles. The van der Waals surface area contributed by atoms with E-state index in [0.717, 1.165) is 0 Å². The van der Waals surface area contributed by atoms with Gasteiger partial charge in [-0.3, -0.25) is 9.78 Å². The summed E-state index contributed by atoms with van der Waals surface area (Å²) in [5, 5.41) is 0. The van der Waals surface area contributed by atoms with Gasteiger partial charge in [0, 0.05) is 12.3 Å². The van der Waals surface area contributed by atoms with Crippen molar-refractivity contribution in [3.05, 3.63) is 30.1 Å². The van der Waals surface area contributed by atoms with E-state index in [1.807, 2.05) is 0 Å². The van der Waals surface area contributed by atoms with Crippen LogP contribution in [0.25, 0.3) is 6.08 Å². The number of amides is 1. The third kappa shape index (κ3) is 2.09. The fourth-order valence-corrected chi connectivity index (χ4v) is 0.730. The number of hydrogen-bond acceptors (Lipinski definition) is 3. The Balaban J connectivity index is 2.89. The van der Waals surface area contributed by atoms with E-state index >= 15 is 0 Å². The molecule has 4 N–H and O–H groups in total. The number of nitrogens with zero attached hydrogens (tertiary/aromatic N) is 1. The first-order valence-electron chi connectivity index (χ1n) is 3.38. The van der Waals surface area contributed by atoms with Gasteiger partial charge >= 0.3 is 0 Å². The standard InChI is InChI=1S/C8H9N3O/c9-6-2-1-5-11-7(6)3-4-8(10)12/h1-5H,9H2,(H2,10,12)/b4-3+. The summed E-state index contributed by atoms with van der Waals surface area (Å²) in [6.45, 7) is 0. The van der Waals surface area contributed by atoms with E-state index in [-0.39, 0.29) is 0 Å². The number of carbonyl (C=O) groups is 1. The molecule has 4 heteroatoms. The Hall–Kier alpha value is -1.84. The van der Waals surface area contributed by atoms with Gasteiger partial charge in [-0.15, -0.1) is 0 Å². The van der Waals surface area contributed by atoms with Crippen molar-refractivity contribution in [3.8, 4) is 0 Å². The second kappa shape index (κ2) is 3.52. The number of pyridine rings is 1. The highest BCUT2D eigenvalue weighted by molar-refractivity contribution is 5.90. The number of rotatable bonds is 2. The lowest BCUT2D eigenvalue weighted by Gasteiger charge is -1.95. The molecule has 0 spiro atoms. The molecule has 0 aromatic carbocycles. The lowest BCUT2D eigenvalue weighted by molar-refractivity contribution is -0.113. The molecule has 1 amide bonds. The van der Waals surface area contributed by atoms with Crippen LogP contribution in [0.3, 0.4) is 0 Å². The van der Waals surface area contributed by atoms with Gasteiger partial charge in [0.15, 0.2) is 0 Å². The van der Waals surface area contributed by atoms with Gasteiger partial charge in [-0.1, -0.05) is 0 Å². The van der Waals surface area contributed by atoms with E-state index in [9.17, 15) is 4.79 Å². The van der Waals surface area contributed by atoms with Crippen LogP contribution in [0, 0.1) is 0 Å². The van der Waals surface area contributed by atoms with Crippen LogP contribution in [-0.4, -0.2) is 10.9 Å². The summed E-state index contributed by atoms with van der Waals surface area (Å²) in [7, 11) is 0. The topological polar surface area (TPSA) is 82.0 Å². The molecule has 0 saturated heterocycles. The molecule has 1 aromatic heterocycles. The molecule has 1 heterocycles. The summed E-state index contributed by atoms with van der Waals surface area (Å²) in [6, 6.07) is 3.42. The minimum Gasteiger partial charge on any atom is -0.397 e. The highest BCUT2D eigenvalue weighted by Gasteiger charge is 1.93. The number of aromatic nitrogens is 1. The van der Waals surface area contributed by atoms with Crippen molar-refractivity contribution in [3.63, 3.8) is 0 Å². The lowest BCUT2D eigenvalue weighted by Crippen LogP contribution is -2.05. The molecule has 0 atom stereocenters. The molecular weight excluding hydrogens is 154 g/mol. The maximum Gasteiger partial charge on any atom is 0.241 e. The maximum atomic E-state index is 10.4. The summed E-state index contributed by atoms with van der Waals surface area (Å²) in [5.41, 5.74) is 11.5. The van der Waals surface area contributed by atoms with Crippen LogP contribution in [-0.2, 0) is 4.79 Å². The van der Waals surface area contributed by atoms with E-state index in [4.69, 9.17) is 11.5 Å². The molecule has 0 unspecified atom stereocenters. The summed E-state index contributed by atoms with van der Waals surface area (Å²) < 4.78 is 0. The van der Waals surface area contributed by atoms with Crippen LogP contribution < -0.4 is 11.5 Å². The predicted molar refractivity (Wildman–Crippen MR) is 46.9 cm³/mol. The first-order chi connectivity index (χ1) is 5.70. The van der Waals surface area contributed by atoms with Crippen LogP contribution in [0.5, 0.6) is 0 Å². The zero-order valence-electron chi connectivity index (χ0n) is 6.40. The number of hydrogen-bond donors (Lipinski definition) is 2. The Bertz CT molecular complexity index is 320. The normalized spacial score (nSPS) is 10.3. The van der Waals surface area contributed by atoms with Crippen molar-refractivity contribution < 1.29 is 4.79 Å². The molecule has 0 saturated carbocycles. The Morgan fingerprint density at radius 1 is 1.58 bits per heavy atom. The Morgan fingerprint density at radius 2 is 2.33 bits per heavy atom. The Labute approximate surface area is 69.9 Å². The molecule has 0 fully saturated rings. The minimum atomic E-state index is -0.514. The summed E-state index contributed by atoms with van der Waals surface area (Å²) >= 11 is 0. The molecular formula is C8H9N3O. The zero-order valence-corrected chi connectivity index (χ0v) is 6.40. The molecule has 1 aromatic rings. The third-order valence-corrected chi connectivity index (χ3v) is 1.28. The number of nitrogen functional groups attached to an aromatic ring is 1. The first kappa shape index (κ1) is 8.26. The van der Waals surface area contributed by atoms with Gasteiger partial charge in [0.2, 0.25) is 5.91 Å². The second-order valence-corrected chi connectivity index (χ2v) is 2.21. The monoisotopic (exact) mass is 163 g/mol. The lowest BCUT2D eigenvalue weighted by atomic mass is 10.3. The van der Waals surface area contributed by atoms with Crippen molar-refractivity contribution >= 4 is 17.7 Å². The average Bonchev–Trinajstić information content (AvgIpc) is 2.03. The van der Waals surface area contributed by atoms with Crippen molar-refractivity contribution in [1.29, 1.82) is 0 Å². The van der Waals surface area contributed by atoms with E-state index in [2.05, 4.69) is 4.98 Å². The van der Waals surface area contributed by atoms with Gasteiger partial charge in [-0.05, 0) is 18.2 Å². The van der Waals surface area contributed by atoms with Gasteiger partial charge in [0.1, 0.15) is 0 Å². The van der Waals surface area contributed by atoms with Gasteiger partial charge < -0.3 is 11.5 Å². The number of primary amides is 1. The van der Waals surface area contributed by atoms with E-state index in [1.54, 1.807) is 18.3 Å². The summed E-state index contributed by atoms with van der Waals surface area (Å²) in [5.74, 6) is -0.514. The highest BCUT2D eigenvalue weighted by atomic mass is 16.1. The van der Waals surface area contributed by atoms with E-state index in [0.29, 0.717) is 11.4 Å². The van der Waals surface area contributed by atoms with Crippen molar-refractivity contribution in [2.45, 2.75) is 0 Å². The maximum absolute atomic E-state index is 10.4. The molecule has 0 bridgehead atoms. The van der Waals surface area contributed by atoms with E-state index in [1.165, 1.54) is 12.2 Å². The SMILES string of the molecule is NC(=O)/C=C/c1ncccc1N. The first-order valence-corrected chi connectivity index (χ1v) is 3.38. The van der Waals surface area contributed by atoms with Crippen LogP contribution in [0.15, 0.2) is 24.4 Å². The zero-order chi connectivity index (χ0) is 8.97. The van der Waals surface area contributed by atoms with Gasteiger partial charge in [-0.25, -0.2) is 0 Å². The third-order valence-electron chi connectivity index (χ3n) is 1.28. The predicted octanol–water partition coefficient (Wildman–Crippen LogP) is 0.162. The highest BCUT2D eigenvalue weighted by Crippen LogP contribution is 2.07. The minimum absolute atomic E-state index is 0.514. The largest absolute Gasteiger partial charge is 0.397 e. The molecule has 12 heavy (non-hydrogen) atoms. The second-order valence-electron chi connectivity index (χ2n) is 2.21.